The first kappa shape index (κ1) is 35.2. The highest BCUT2D eigenvalue weighted by molar-refractivity contribution is 6.06. The van der Waals surface area contributed by atoms with Crippen LogP contribution in [0.1, 0.15) is 0 Å². The largest absolute Gasteiger partial charge is 0.456 e. The highest BCUT2D eigenvalue weighted by Crippen LogP contribution is 2.41. The third-order valence-corrected chi connectivity index (χ3v) is 11.6. The Balaban J connectivity index is 0.980. The van der Waals surface area contributed by atoms with Gasteiger partial charge < -0.3 is 9.32 Å². The van der Waals surface area contributed by atoms with Crippen molar-refractivity contribution in [2.24, 2.45) is 0 Å². The van der Waals surface area contributed by atoms with Crippen LogP contribution in [0.2, 0.25) is 0 Å². The monoisotopic (exact) mass is 765 g/mol. The molecule has 0 unspecified atom stereocenters. The molecule has 0 atom stereocenters. The Bertz CT molecular complexity index is 3230. The van der Waals surface area contributed by atoms with Crippen LogP contribution in [0.5, 0.6) is 0 Å². The van der Waals surface area contributed by atoms with E-state index in [4.69, 9.17) is 4.42 Å². The lowest BCUT2D eigenvalue weighted by Crippen LogP contribution is -2.09. The lowest BCUT2D eigenvalue weighted by atomic mass is 9.93. The molecular formula is C58H39NO. The highest BCUT2D eigenvalue weighted by atomic mass is 16.3. The Morgan fingerprint density at radius 2 is 0.667 bits per heavy atom. The van der Waals surface area contributed by atoms with Gasteiger partial charge in [0.2, 0.25) is 0 Å². The van der Waals surface area contributed by atoms with E-state index < -0.39 is 0 Å². The third kappa shape index (κ3) is 6.70. The molecule has 0 saturated heterocycles. The van der Waals surface area contributed by atoms with Crippen LogP contribution in [0, 0.1) is 0 Å². The molecule has 1 heterocycles. The maximum absolute atomic E-state index is 6.41. The fourth-order valence-electron chi connectivity index (χ4n) is 8.54. The molecule has 0 aliphatic heterocycles. The average molecular weight is 766 g/mol. The van der Waals surface area contributed by atoms with E-state index in [0.717, 1.165) is 50.1 Å². The molecule has 0 radical (unpaired) electrons. The van der Waals surface area contributed by atoms with Crippen LogP contribution in [0.25, 0.3) is 88.3 Å². The molecule has 0 saturated carbocycles. The van der Waals surface area contributed by atoms with Gasteiger partial charge in [0, 0.05) is 33.9 Å². The first-order chi connectivity index (χ1) is 29.7. The number of rotatable bonds is 8. The van der Waals surface area contributed by atoms with Crippen molar-refractivity contribution in [2.75, 3.05) is 4.90 Å². The number of hydrogen-bond donors (Lipinski definition) is 0. The van der Waals surface area contributed by atoms with E-state index >= 15 is 0 Å². The van der Waals surface area contributed by atoms with Gasteiger partial charge in [0.15, 0.2) is 0 Å². The zero-order chi connectivity index (χ0) is 39.8. The van der Waals surface area contributed by atoms with Gasteiger partial charge in [-0.3, -0.25) is 0 Å². The molecule has 11 aromatic rings. The summed E-state index contributed by atoms with van der Waals surface area (Å²) in [6, 6.07) is 84.9. The van der Waals surface area contributed by atoms with Crippen LogP contribution in [-0.2, 0) is 0 Å². The summed E-state index contributed by atoms with van der Waals surface area (Å²) in [6.07, 6.45) is 0. The molecule has 10 aromatic carbocycles. The Morgan fingerprint density at radius 3 is 1.32 bits per heavy atom. The molecule has 282 valence electrons. The van der Waals surface area contributed by atoms with Gasteiger partial charge in [-0.1, -0.05) is 158 Å². The van der Waals surface area contributed by atoms with Crippen LogP contribution in [0.15, 0.2) is 241 Å². The van der Waals surface area contributed by atoms with Gasteiger partial charge in [0.1, 0.15) is 11.2 Å². The van der Waals surface area contributed by atoms with E-state index in [1.165, 1.54) is 55.3 Å². The Morgan fingerprint density at radius 1 is 0.233 bits per heavy atom. The van der Waals surface area contributed by atoms with Gasteiger partial charge in [-0.25, -0.2) is 0 Å². The number of para-hydroxylation sites is 1. The summed E-state index contributed by atoms with van der Waals surface area (Å²) in [5.74, 6) is 0. The molecule has 11 rings (SSSR count). The SMILES string of the molecule is c1ccc(-c2cc(-c3ccccc3)cc(-c3ccc(N(c4ccc(-c5cccc(-c6ccc7ccccc7c6)c5)cc4)c4ccc5c(c4)oc4ccccc45)cc3)c2)cc1. The van der Waals surface area contributed by atoms with Gasteiger partial charge in [-0.15, -0.1) is 0 Å². The molecule has 60 heavy (non-hydrogen) atoms. The Kier molecular flexibility index (Phi) is 8.87. The number of anilines is 3. The molecule has 2 heteroatoms. The lowest BCUT2D eigenvalue weighted by molar-refractivity contribution is 0.669. The van der Waals surface area contributed by atoms with Gasteiger partial charge in [0.05, 0.1) is 0 Å². The van der Waals surface area contributed by atoms with Crippen LogP contribution in [-0.4, -0.2) is 0 Å². The maximum Gasteiger partial charge on any atom is 0.137 e. The minimum Gasteiger partial charge on any atom is -0.456 e. The first-order valence-electron chi connectivity index (χ1n) is 20.5. The maximum atomic E-state index is 6.41. The second kappa shape index (κ2) is 15.1. The Hall–Kier alpha value is -7.94. The van der Waals surface area contributed by atoms with Crippen LogP contribution in [0.3, 0.4) is 0 Å². The van der Waals surface area contributed by atoms with E-state index in [2.05, 4.69) is 229 Å². The number of nitrogens with zero attached hydrogens (tertiary/aromatic N) is 1. The topological polar surface area (TPSA) is 16.4 Å². The molecule has 0 N–H and O–H groups in total. The molecule has 1 aromatic heterocycles. The summed E-state index contributed by atoms with van der Waals surface area (Å²) >= 11 is 0. The van der Waals surface area contributed by atoms with Crippen molar-refractivity contribution in [3.63, 3.8) is 0 Å². The predicted octanol–water partition coefficient (Wildman–Crippen LogP) is 16.5. The second-order valence-corrected chi connectivity index (χ2v) is 15.4. The zero-order valence-electron chi connectivity index (χ0n) is 32.9. The summed E-state index contributed by atoms with van der Waals surface area (Å²) in [6.45, 7) is 0. The Labute approximate surface area is 349 Å². The first-order valence-corrected chi connectivity index (χ1v) is 20.5. The summed E-state index contributed by atoms with van der Waals surface area (Å²) in [5, 5.41) is 4.73. The normalized spacial score (nSPS) is 11.3. The number of hydrogen-bond acceptors (Lipinski definition) is 2. The molecule has 0 fully saturated rings. The van der Waals surface area contributed by atoms with Gasteiger partial charge >= 0.3 is 0 Å². The molecular weight excluding hydrogens is 727 g/mol. The zero-order valence-corrected chi connectivity index (χ0v) is 32.9. The highest BCUT2D eigenvalue weighted by Gasteiger charge is 2.17. The smallest absolute Gasteiger partial charge is 0.137 e. The molecule has 0 spiro atoms. The fraction of sp³-hybridized carbons (Fsp3) is 0. The van der Waals surface area contributed by atoms with Crippen molar-refractivity contribution in [1.82, 2.24) is 0 Å². The van der Waals surface area contributed by atoms with Crippen LogP contribution < -0.4 is 4.90 Å². The number of benzene rings is 10. The predicted molar refractivity (Wildman–Crippen MR) is 253 cm³/mol. The minimum absolute atomic E-state index is 0.864. The van der Waals surface area contributed by atoms with E-state index in [1.54, 1.807) is 0 Å². The second-order valence-electron chi connectivity index (χ2n) is 15.4. The van der Waals surface area contributed by atoms with E-state index in [0.29, 0.717) is 0 Å². The summed E-state index contributed by atoms with van der Waals surface area (Å²) in [4.78, 5) is 2.32. The summed E-state index contributed by atoms with van der Waals surface area (Å²) < 4.78 is 6.41. The van der Waals surface area contributed by atoms with Crippen LogP contribution in [0.4, 0.5) is 17.1 Å². The number of fused-ring (bicyclic) bond motifs is 4. The van der Waals surface area contributed by atoms with E-state index in [9.17, 15) is 0 Å². The molecule has 0 amide bonds. The molecule has 0 bridgehead atoms. The van der Waals surface area contributed by atoms with Crippen molar-refractivity contribution in [1.29, 1.82) is 0 Å². The van der Waals surface area contributed by atoms with Crippen molar-refractivity contribution in [3.05, 3.63) is 237 Å². The van der Waals surface area contributed by atoms with Crippen molar-refractivity contribution in [3.8, 4) is 55.6 Å². The standard InChI is InChI=1S/C58H39NO/c1-3-12-40(13-4-1)49-36-50(41-14-5-2-6-15-41)38-51(37-49)44-26-30-53(31-27-44)59(54-32-33-56-55-20-9-10-21-57(55)60-58(56)39-54)52-28-24-43(25-29-52)46-18-11-19-47(34-46)48-23-22-42-16-7-8-17-45(42)35-48/h1-39H. The van der Waals surface area contributed by atoms with Crippen LogP contribution >= 0.6 is 0 Å². The third-order valence-electron chi connectivity index (χ3n) is 11.6. The molecule has 2 nitrogen and oxygen atoms in total. The minimum atomic E-state index is 0.864. The van der Waals surface area contributed by atoms with Crippen molar-refractivity contribution < 1.29 is 4.42 Å². The van der Waals surface area contributed by atoms with E-state index in [-0.39, 0.29) is 0 Å². The van der Waals surface area contributed by atoms with E-state index in [1.807, 2.05) is 12.1 Å². The molecule has 0 aliphatic carbocycles. The van der Waals surface area contributed by atoms with Gasteiger partial charge in [-0.05, 0) is 139 Å². The van der Waals surface area contributed by atoms with Crippen molar-refractivity contribution in [2.45, 2.75) is 0 Å². The quantitative estimate of drug-likeness (QED) is 0.153. The molecule has 0 aliphatic rings. The van der Waals surface area contributed by atoms with Crippen molar-refractivity contribution >= 4 is 49.8 Å². The van der Waals surface area contributed by atoms with Gasteiger partial charge in [-0.2, -0.15) is 0 Å². The van der Waals surface area contributed by atoms with Gasteiger partial charge in [0.25, 0.3) is 0 Å². The lowest BCUT2D eigenvalue weighted by Gasteiger charge is -2.26. The summed E-state index contributed by atoms with van der Waals surface area (Å²) in [5.41, 5.74) is 16.8. The fourth-order valence-corrected chi connectivity index (χ4v) is 8.54. The summed E-state index contributed by atoms with van der Waals surface area (Å²) in [7, 11) is 0. The number of furan rings is 1. The average Bonchev–Trinajstić information content (AvgIpc) is 3.70.